The fraction of sp³-hybridized carbons (Fsp3) is 0.150. The Bertz CT molecular complexity index is 1250. The molecule has 10 nitrogen and oxygen atoms in total. The van der Waals surface area contributed by atoms with Gasteiger partial charge in [-0.1, -0.05) is 36.1 Å². The minimum atomic E-state index is -1.27. The number of aromatic nitrogens is 1. The number of imide groups is 1. The van der Waals surface area contributed by atoms with Crippen molar-refractivity contribution in [2.24, 2.45) is 0 Å². The Morgan fingerprint density at radius 2 is 1.76 bits per heavy atom. The summed E-state index contributed by atoms with van der Waals surface area (Å²) in [6, 6.07) is 6.33. The summed E-state index contributed by atoms with van der Waals surface area (Å²) in [5.41, 5.74) is 0.251. The Hall–Kier alpha value is -3.42. The smallest absolute Gasteiger partial charge is 0.341 e. The molecule has 2 aliphatic heterocycles. The van der Waals surface area contributed by atoms with Gasteiger partial charge >= 0.3 is 11.9 Å². The lowest BCUT2D eigenvalue weighted by Gasteiger charge is -2.11. The molecule has 33 heavy (non-hydrogen) atoms. The highest BCUT2D eigenvalue weighted by atomic mass is 32.2. The summed E-state index contributed by atoms with van der Waals surface area (Å²) in [4.78, 5) is 68.1. The first-order valence-electron chi connectivity index (χ1n) is 9.35. The van der Waals surface area contributed by atoms with Gasteiger partial charge in [-0.15, -0.1) is 11.3 Å². The Balaban J connectivity index is 1.76. The van der Waals surface area contributed by atoms with Crippen LogP contribution in [0.5, 0.6) is 0 Å². The van der Waals surface area contributed by atoms with E-state index in [1.165, 1.54) is 17.5 Å². The van der Waals surface area contributed by atoms with Crippen LogP contribution >= 0.6 is 35.3 Å². The molecular weight excluding hydrogens is 490 g/mol. The number of carboxylic acid groups (broad SMARTS) is 1. The SMILES string of the molecule is CCOC(=O)C(=C1SC(=S)N(CC(=O)O)C1=O)c1csc(N2C(=O)c3ccccc3C2=O)n1. The highest BCUT2D eigenvalue weighted by Crippen LogP contribution is 2.39. The number of hydrogen-bond donors (Lipinski definition) is 1. The van der Waals surface area contributed by atoms with E-state index in [9.17, 15) is 24.0 Å². The fourth-order valence-electron chi connectivity index (χ4n) is 3.18. The normalized spacial score (nSPS) is 17.0. The van der Waals surface area contributed by atoms with Gasteiger partial charge < -0.3 is 9.84 Å². The van der Waals surface area contributed by atoms with Gasteiger partial charge in [-0.3, -0.25) is 24.1 Å². The molecule has 1 saturated heterocycles. The van der Waals surface area contributed by atoms with Crippen molar-refractivity contribution in [1.82, 2.24) is 9.88 Å². The summed E-state index contributed by atoms with van der Waals surface area (Å²) in [7, 11) is 0. The third-order valence-corrected chi connectivity index (χ3v) is 6.86. The molecule has 1 aromatic heterocycles. The second kappa shape index (κ2) is 8.84. The van der Waals surface area contributed by atoms with Crippen molar-refractivity contribution in [2.45, 2.75) is 6.92 Å². The molecule has 3 heterocycles. The first-order chi connectivity index (χ1) is 15.7. The van der Waals surface area contributed by atoms with Crippen LogP contribution in [0.25, 0.3) is 5.57 Å². The van der Waals surface area contributed by atoms with E-state index in [2.05, 4.69) is 4.98 Å². The van der Waals surface area contributed by atoms with Gasteiger partial charge in [0.2, 0.25) is 0 Å². The molecular formula is C20H13N3O7S3. The molecule has 4 rings (SSSR count). The predicted molar refractivity (Wildman–Crippen MR) is 123 cm³/mol. The summed E-state index contributed by atoms with van der Waals surface area (Å²) in [5, 5.41) is 10.5. The summed E-state index contributed by atoms with van der Waals surface area (Å²) in [6.45, 7) is 0.922. The lowest BCUT2D eigenvalue weighted by atomic mass is 10.1. The van der Waals surface area contributed by atoms with E-state index in [1.54, 1.807) is 19.1 Å². The second-order valence-corrected chi connectivity index (χ2v) is 9.06. The topological polar surface area (TPSA) is 134 Å². The standard InChI is InChI=1S/C20H13N3O7S3/c1-2-30-18(29)13(14-17(28)22(7-12(24)25)20(31)33-14)11-8-32-19(21-11)23-15(26)9-5-3-4-6-10(9)16(23)27/h3-6,8H,2,7H2,1H3,(H,24,25). The Kier molecular flexibility index (Phi) is 6.10. The van der Waals surface area contributed by atoms with Crippen molar-refractivity contribution in [2.75, 3.05) is 18.1 Å². The molecule has 0 bridgehead atoms. The van der Waals surface area contributed by atoms with Gasteiger partial charge in [-0.05, 0) is 19.1 Å². The number of ether oxygens (including phenoxy) is 1. The van der Waals surface area contributed by atoms with Gasteiger partial charge in [0.1, 0.15) is 16.4 Å². The summed E-state index contributed by atoms with van der Waals surface area (Å²) in [5.74, 6) is -4.02. The van der Waals surface area contributed by atoms with Crippen LogP contribution in [0.15, 0.2) is 34.6 Å². The summed E-state index contributed by atoms with van der Waals surface area (Å²) >= 11 is 6.78. The number of anilines is 1. The Morgan fingerprint density at radius 1 is 1.12 bits per heavy atom. The number of aliphatic carboxylic acids is 1. The third kappa shape index (κ3) is 3.94. The van der Waals surface area contributed by atoms with Crippen LogP contribution in [-0.2, 0) is 19.1 Å². The Labute approximate surface area is 199 Å². The molecule has 2 aromatic rings. The van der Waals surface area contributed by atoms with Crippen LogP contribution in [-0.4, -0.2) is 62.1 Å². The highest BCUT2D eigenvalue weighted by Gasteiger charge is 2.41. The molecule has 0 unspecified atom stereocenters. The molecule has 0 radical (unpaired) electrons. The van der Waals surface area contributed by atoms with Crippen LogP contribution in [0.2, 0.25) is 0 Å². The van der Waals surface area contributed by atoms with Gasteiger partial charge in [-0.25, -0.2) is 14.7 Å². The maximum atomic E-state index is 12.8. The first-order valence-corrected chi connectivity index (χ1v) is 11.5. The number of amides is 3. The van der Waals surface area contributed by atoms with Crippen LogP contribution in [0.3, 0.4) is 0 Å². The fourth-order valence-corrected chi connectivity index (χ4v) is 5.31. The monoisotopic (exact) mass is 503 g/mol. The zero-order chi connectivity index (χ0) is 23.9. The zero-order valence-electron chi connectivity index (χ0n) is 16.8. The van der Waals surface area contributed by atoms with E-state index in [4.69, 9.17) is 22.1 Å². The van der Waals surface area contributed by atoms with Crippen molar-refractivity contribution in [3.05, 3.63) is 51.4 Å². The number of benzene rings is 1. The Morgan fingerprint density at radius 3 is 2.33 bits per heavy atom. The first kappa shape index (κ1) is 22.8. The molecule has 1 N–H and O–H groups in total. The van der Waals surface area contributed by atoms with Crippen molar-refractivity contribution in [1.29, 1.82) is 0 Å². The summed E-state index contributed by atoms with van der Waals surface area (Å²) < 4.78 is 5.04. The molecule has 0 spiro atoms. The molecule has 1 aromatic carbocycles. The quantitative estimate of drug-likeness (QED) is 0.270. The van der Waals surface area contributed by atoms with E-state index in [-0.39, 0.29) is 43.4 Å². The van der Waals surface area contributed by atoms with E-state index >= 15 is 0 Å². The summed E-state index contributed by atoms with van der Waals surface area (Å²) in [6.07, 6.45) is 0. The van der Waals surface area contributed by atoms with Crippen molar-refractivity contribution in [3.8, 4) is 0 Å². The molecule has 1 fully saturated rings. The number of hydrogen-bond acceptors (Lipinski definition) is 10. The van der Waals surface area contributed by atoms with Crippen molar-refractivity contribution < 1.29 is 33.8 Å². The van der Waals surface area contributed by atoms with E-state index < -0.39 is 36.2 Å². The van der Waals surface area contributed by atoms with Gasteiger partial charge in [0.15, 0.2) is 5.13 Å². The maximum Gasteiger partial charge on any atom is 0.341 e. The molecule has 0 saturated carbocycles. The van der Waals surface area contributed by atoms with E-state index in [1.807, 2.05) is 0 Å². The van der Waals surface area contributed by atoms with Gasteiger partial charge in [0, 0.05) is 5.38 Å². The lowest BCUT2D eigenvalue weighted by Crippen LogP contribution is -2.33. The molecule has 0 aliphatic carbocycles. The number of thiocarbonyl (C=S) groups is 1. The average molecular weight is 504 g/mol. The van der Waals surface area contributed by atoms with E-state index in [0.29, 0.717) is 0 Å². The predicted octanol–water partition coefficient (Wildman–Crippen LogP) is 2.16. The van der Waals surface area contributed by atoms with Crippen LogP contribution in [0.1, 0.15) is 33.3 Å². The number of rotatable bonds is 6. The molecule has 168 valence electrons. The number of carbonyl (C=O) groups excluding carboxylic acids is 4. The minimum Gasteiger partial charge on any atom is -0.480 e. The van der Waals surface area contributed by atoms with Crippen molar-refractivity contribution >= 4 is 80.0 Å². The number of thiazole rings is 1. The number of fused-ring (bicyclic) bond motifs is 1. The molecule has 13 heteroatoms. The van der Waals surface area contributed by atoms with Crippen LogP contribution in [0.4, 0.5) is 5.13 Å². The van der Waals surface area contributed by atoms with Crippen molar-refractivity contribution in [3.63, 3.8) is 0 Å². The lowest BCUT2D eigenvalue weighted by molar-refractivity contribution is -0.140. The van der Waals surface area contributed by atoms with Crippen LogP contribution < -0.4 is 4.90 Å². The third-order valence-electron chi connectivity index (χ3n) is 4.58. The van der Waals surface area contributed by atoms with Gasteiger partial charge in [-0.2, -0.15) is 0 Å². The molecule has 0 atom stereocenters. The second-order valence-electron chi connectivity index (χ2n) is 6.58. The zero-order valence-corrected chi connectivity index (χ0v) is 19.2. The van der Waals surface area contributed by atoms with Gasteiger partial charge in [0.25, 0.3) is 17.7 Å². The van der Waals surface area contributed by atoms with Gasteiger partial charge in [0.05, 0.1) is 28.3 Å². The number of esters is 1. The number of carboxylic acids is 1. The van der Waals surface area contributed by atoms with E-state index in [0.717, 1.165) is 32.9 Å². The largest absolute Gasteiger partial charge is 0.480 e. The maximum absolute atomic E-state index is 12.8. The molecule has 3 amide bonds. The molecule has 2 aliphatic rings. The highest BCUT2D eigenvalue weighted by molar-refractivity contribution is 8.26. The number of thioether (sulfide) groups is 1. The number of carbonyl (C=O) groups is 5. The minimum absolute atomic E-state index is 0.000770. The van der Waals surface area contributed by atoms with Crippen LogP contribution in [0, 0.1) is 0 Å². The number of nitrogens with zero attached hydrogens (tertiary/aromatic N) is 3. The average Bonchev–Trinajstić information content (AvgIpc) is 3.41.